The number of benzene rings is 2. The lowest BCUT2D eigenvalue weighted by atomic mass is 10.1. The maximum absolute atomic E-state index is 11.9. The van der Waals surface area contributed by atoms with Gasteiger partial charge in [0.15, 0.2) is 0 Å². The van der Waals surface area contributed by atoms with Crippen molar-refractivity contribution < 1.29 is 14.6 Å². The van der Waals surface area contributed by atoms with Gasteiger partial charge in [0.1, 0.15) is 17.9 Å². The van der Waals surface area contributed by atoms with Crippen molar-refractivity contribution in [1.82, 2.24) is 0 Å². The first-order valence-corrected chi connectivity index (χ1v) is 8.26. The highest BCUT2D eigenvalue weighted by atomic mass is 35.5. The molecule has 0 unspecified atom stereocenters. The monoisotopic (exact) mass is 356 g/mol. The molecule has 0 heterocycles. The second kappa shape index (κ2) is 7.77. The predicted octanol–water partition coefficient (Wildman–Crippen LogP) is 4.96. The molecule has 0 aromatic heterocycles. The molecular formula is C16H14Cl2O3S. The maximum Gasteiger partial charge on any atom is 0.341 e. The molecule has 0 aliphatic rings. The quantitative estimate of drug-likeness (QED) is 0.467. The van der Waals surface area contributed by atoms with Crippen LogP contribution >= 0.6 is 35.0 Å². The van der Waals surface area contributed by atoms with E-state index in [2.05, 4.69) is 0 Å². The van der Waals surface area contributed by atoms with Crippen LogP contribution in [0.15, 0.2) is 41.3 Å². The second-order valence-electron chi connectivity index (χ2n) is 4.53. The standard InChI is InChI=1S/C16H14Cl2O3S/c1-10-3-2-4-12(15(10)19)16(20)21-7-8-22-14-9-11(17)5-6-13(14)18/h2-6,9,19H,7-8H2,1H3. The zero-order chi connectivity index (χ0) is 16.1. The smallest absolute Gasteiger partial charge is 0.341 e. The first-order valence-electron chi connectivity index (χ1n) is 6.52. The van der Waals surface area contributed by atoms with Gasteiger partial charge in [-0.2, -0.15) is 0 Å². The average Bonchev–Trinajstić information content (AvgIpc) is 2.49. The van der Waals surface area contributed by atoms with E-state index in [1.54, 1.807) is 37.3 Å². The number of thioether (sulfide) groups is 1. The zero-order valence-electron chi connectivity index (χ0n) is 11.8. The summed E-state index contributed by atoms with van der Waals surface area (Å²) in [6.07, 6.45) is 0. The Morgan fingerprint density at radius 3 is 2.82 bits per heavy atom. The summed E-state index contributed by atoms with van der Waals surface area (Å²) in [5, 5.41) is 11.0. The molecule has 0 aliphatic heterocycles. The molecule has 0 atom stereocenters. The highest BCUT2D eigenvalue weighted by Crippen LogP contribution is 2.29. The number of aryl methyl sites for hydroxylation is 1. The molecule has 2 aromatic carbocycles. The predicted molar refractivity (Wildman–Crippen MR) is 90.3 cm³/mol. The fourth-order valence-electron chi connectivity index (χ4n) is 1.78. The molecule has 1 N–H and O–H groups in total. The van der Waals surface area contributed by atoms with E-state index in [9.17, 15) is 9.90 Å². The van der Waals surface area contributed by atoms with Crippen LogP contribution in [0.3, 0.4) is 0 Å². The van der Waals surface area contributed by atoms with Gasteiger partial charge in [0.2, 0.25) is 0 Å². The van der Waals surface area contributed by atoms with Crippen LogP contribution in [-0.2, 0) is 4.74 Å². The largest absolute Gasteiger partial charge is 0.507 e. The Bertz CT molecular complexity index is 689. The van der Waals surface area contributed by atoms with Crippen molar-refractivity contribution in [1.29, 1.82) is 0 Å². The van der Waals surface area contributed by atoms with Gasteiger partial charge in [0, 0.05) is 15.7 Å². The summed E-state index contributed by atoms with van der Waals surface area (Å²) < 4.78 is 5.16. The summed E-state index contributed by atoms with van der Waals surface area (Å²) in [6, 6.07) is 10.2. The number of phenols is 1. The maximum atomic E-state index is 11.9. The van der Waals surface area contributed by atoms with E-state index in [1.165, 1.54) is 17.8 Å². The summed E-state index contributed by atoms with van der Waals surface area (Å²) in [5.41, 5.74) is 0.806. The van der Waals surface area contributed by atoms with Gasteiger partial charge in [-0.3, -0.25) is 0 Å². The molecule has 0 spiro atoms. The number of carbonyl (C=O) groups is 1. The molecule has 2 aromatic rings. The number of rotatable bonds is 5. The molecule has 3 nitrogen and oxygen atoms in total. The Hall–Kier alpha value is -1.36. The first kappa shape index (κ1) is 17.0. The van der Waals surface area contributed by atoms with Gasteiger partial charge in [-0.05, 0) is 36.8 Å². The number of esters is 1. The van der Waals surface area contributed by atoms with Crippen LogP contribution in [-0.4, -0.2) is 23.4 Å². The normalized spacial score (nSPS) is 10.5. The number of aromatic hydroxyl groups is 1. The number of ether oxygens (including phenoxy) is 1. The summed E-state index contributed by atoms with van der Waals surface area (Å²) in [6.45, 7) is 1.93. The molecule has 0 amide bonds. The fraction of sp³-hybridized carbons (Fsp3) is 0.188. The third kappa shape index (κ3) is 4.32. The lowest BCUT2D eigenvalue weighted by Crippen LogP contribution is -2.08. The minimum atomic E-state index is -0.543. The summed E-state index contributed by atoms with van der Waals surface area (Å²) in [7, 11) is 0. The van der Waals surface area contributed by atoms with Gasteiger partial charge in [-0.25, -0.2) is 4.79 Å². The van der Waals surface area contributed by atoms with Crippen molar-refractivity contribution in [3.63, 3.8) is 0 Å². The van der Waals surface area contributed by atoms with E-state index in [-0.39, 0.29) is 17.9 Å². The summed E-state index contributed by atoms with van der Waals surface area (Å²) in [4.78, 5) is 12.7. The van der Waals surface area contributed by atoms with Crippen LogP contribution in [0, 0.1) is 6.92 Å². The van der Waals surface area contributed by atoms with Gasteiger partial charge >= 0.3 is 5.97 Å². The van der Waals surface area contributed by atoms with Crippen LogP contribution in [0.25, 0.3) is 0 Å². The van der Waals surface area contributed by atoms with E-state index in [1.807, 2.05) is 0 Å². The van der Waals surface area contributed by atoms with E-state index in [4.69, 9.17) is 27.9 Å². The number of carbonyl (C=O) groups excluding carboxylic acids is 1. The van der Waals surface area contributed by atoms with Crippen molar-refractivity contribution in [3.8, 4) is 5.75 Å². The minimum Gasteiger partial charge on any atom is -0.507 e. The van der Waals surface area contributed by atoms with Crippen molar-refractivity contribution >= 4 is 40.9 Å². The molecule has 6 heteroatoms. The Labute approximate surface area is 143 Å². The third-order valence-electron chi connectivity index (χ3n) is 2.92. The highest BCUT2D eigenvalue weighted by Gasteiger charge is 2.13. The molecule has 0 bridgehead atoms. The number of para-hydroxylation sites is 1. The molecular weight excluding hydrogens is 343 g/mol. The topological polar surface area (TPSA) is 46.5 Å². The van der Waals surface area contributed by atoms with E-state index >= 15 is 0 Å². The fourth-order valence-corrected chi connectivity index (χ4v) is 3.10. The SMILES string of the molecule is Cc1cccc(C(=O)OCCSc2cc(Cl)ccc2Cl)c1O. The number of phenolic OH excluding ortho intramolecular Hbond substituents is 1. The van der Waals surface area contributed by atoms with Crippen molar-refractivity contribution in [2.75, 3.05) is 12.4 Å². The molecule has 0 saturated heterocycles. The molecule has 22 heavy (non-hydrogen) atoms. The lowest BCUT2D eigenvalue weighted by Gasteiger charge is -2.08. The molecule has 0 aliphatic carbocycles. The molecule has 116 valence electrons. The Morgan fingerprint density at radius 1 is 1.27 bits per heavy atom. The first-order chi connectivity index (χ1) is 10.5. The second-order valence-corrected chi connectivity index (χ2v) is 6.51. The number of halogens is 2. The van der Waals surface area contributed by atoms with Crippen LogP contribution < -0.4 is 0 Å². The lowest BCUT2D eigenvalue weighted by molar-refractivity contribution is 0.0527. The van der Waals surface area contributed by atoms with Crippen LogP contribution in [0.5, 0.6) is 5.75 Å². The van der Waals surface area contributed by atoms with Gasteiger partial charge in [-0.1, -0.05) is 35.3 Å². The zero-order valence-corrected chi connectivity index (χ0v) is 14.1. The van der Waals surface area contributed by atoms with E-state index in [0.29, 0.717) is 21.4 Å². The average molecular weight is 357 g/mol. The summed E-state index contributed by atoms with van der Waals surface area (Å²) in [5.74, 6) is -0.0460. The number of hydrogen-bond donors (Lipinski definition) is 1. The van der Waals surface area contributed by atoms with Crippen molar-refractivity contribution in [2.45, 2.75) is 11.8 Å². The summed E-state index contributed by atoms with van der Waals surface area (Å²) >= 11 is 13.4. The molecule has 0 radical (unpaired) electrons. The van der Waals surface area contributed by atoms with E-state index in [0.717, 1.165) is 4.90 Å². The highest BCUT2D eigenvalue weighted by molar-refractivity contribution is 7.99. The van der Waals surface area contributed by atoms with Crippen LogP contribution in [0.2, 0.25) is 10.0 Å². The van der Waals surface area contributed by atoms with Crippen molar-refractivity contribution in [3.05, 3.63) is 57.6 Å². The Balaban J connectivity index is 1.87. The molecule has 0 fully saturated rings. The number of hydrogen-bond acceptors (Lipinski definition) is 4. The molecule has 0 saturated carbocycles. The van der Waals surface area contributed by atoms with Crippen LogP contribution in [0.1, 0.15) is 15.9 Å². The minimum absolute atomic E-state index is 0.0435. The van der Waals surface area contributed by atoms with Gasteiger partial charge in [-0.15, -0.1) is 11.8 Å². The van der Waals surface area contributed by atoms with Gasteiger partial charge in [0.05, 0.1) is 5.02 Å². The van der Waals surface area contributed by atoms with Gasteiger partial charge < -0.3 is 9.84 Å². The molecule has 2 rings (SSSR count). The van der Waals surface area contributed by atoms with Gasteiger partial charge in [0.25, 0.3) is 0 Å². The third-order valence-corrected chi connectivity index (χ3v) is 4.62. The van der Waals surface area contributed by atoms with Crippen molar-refractivity contribution in [2.24, 2.45) is 0 Å². The Kier molecular flexibility index (Phi) is 6.00. The van der Waals surface area contributed by atoms with E-state index < -0.39 is 5.97 Å². The Morgan fingerprint density at radius 2 is 2.05 bits per heavy atom. The van der Waals surface area contributed by atoms with Crippen LogP contribution in [0.4, 0.5) is 0 Å².